The summed E-state index contributed by atoms with van der Waals surface area (Å²) in [6.45, 7) is 1.89. The number of hydrogen-bond donors (Lipinski definition) is 1. The van der Waals surface area contributed by atoms with Crippen LogP contribution in [0.15, 0.2) is 57.7 Å². The van der Waals surface area contributed by atoms with Gasteiger partial charge in [-0.3, -0.25) is 4.79 Å². The number of anilines is 1. The molecule has 0 bridgehead atoms. The van der Waals surface area contributed by atoms with Gasteiger partial charge >= 0.3 is 5.63 Å². The van der Waals surface area contributed by atoms with Gasteiger partial charge in [0.25, 0.3) is 0 Å². The molecule has 1 aliphatic rings. The predicted molar refractivity (Wildman–Crippen MR) is 122 cm³/mol. The first-order valence-corrected chi connectivity index (χ1v) is 10.5. The highest BCUT2D eigenvalue weighted by atomic mass is 16.5. The SMILES string of the molecule is COc1ccc2c(C)c(CCC(=O)Nc3ccc4c5c(cccc35)CC4)c(=O)oc2c1. The van der Waals surface area contributed by atoms with E-state index < -0.39 is 5.63 Å². The Morgan fingerprint density at radius 2 is 1.87 bits per heavy atom. The quantitative estimate of drug-likeness (QED) is 0.471. The van der Waals surface area contributed by atoms with E-state index in [1.165, 1.54) is 16.5 Å². The fraction of sp³-hybridized carbons (Fsp3) is 0.231. The second-order valence-electron chi connectivity index (χ2n) is 8.02. The summed E-state index contributed by atoms with van der Waals surface area (Å²) in [6.07, 6.45) is 2.62. The Morgan fingerprint density at radius 3 is 2.68 bits per heavy atom. The number of methoxy groups -OCH3 is 1. The van der Waals surface area contributed by atoms with Gasteiger partial charge in [0.15, 0.2) is 0 Å². The first-order valence-electron chi connectivity index (χ1n) is 10.5. The second-order valence-corrected chi connectivity index (χ2v) is 8.02. The lowest BCUT2D eigenvalue weighted by atomic mass is 10.0. The van der Waals surface area contributed by atoms with Crippen molar-refractivity contribution in [3.8, 4) is 5.75 Å². The minimum Gasteiger partial charge on any atom is -0.497 e. The third-order valence-corrected chi connectivity index (χ3v) is 6.25. The predicted octanol–water partition coefficient (Wildman–Crippen LogP) is 4.93. The van der Waals surface area contributed by atoms with E-state index in [0.29, 0.717) is 23.3 Å². The zero-order valence-electron chi connectivity index (χ0n) is 17.6. The molecule has 1 aliphatic carbocycles. The standard InChI is InChI=1S/C26H23NO4/c1-15-19-10-9-18(30-2)14-23(19)31-26(29)20(15)11-13-24(28)27-22-12-8-17-7-6-16-4-3-5-21(22)25(16)17/h3-5,8-10,12,14H,6-7,11,13H2,1-2H3,(H,27,28). The molecule has 31 heavy (non-hydrogen) atoms. The first-order chi connectivity index (χ1) is 15.0. The van der Waals surface area contributed by atoms with Gasteiger partial charge < -0.3 is 14.5 Å². The highest BCUT2D eigenvalue weighted by Gasteiger charge is 2.18. The van der Waals surface area contributed by atoms with Crippen molar-refractivity contribution in [3.63, 3.8) is 0 Å². The average Bonchev–Trinajstić information content (AvgIpc) is 3.19. The summed E-state index contributed by atoms with van der Waals surface area (Å²) in [5.74, 6) is 0.514. The third-order valence-electron chi connectivity index (χ3n) is 6.25. The Morgan fingerprint density at radius 1 is 1.06 bits per heavy atom. The minimum atomic E-state index is -0.406. The van der Waals surface area contributed by atoms with Crippen LogP contribution in [0.5, 0.6) is 5.75 Å². The van der Waals surface area contributed by atoms with Gasteiger partial charge in [-0.25, -0.2) is 4.79 Å². The van der Waals surface area contributed by atoms with Crippen molar-refractivity contribution in [1.29, 1.82) is 0 Å². The van der Waals surface area contributed by atoms with Crippen LogP contribution in [0.25, 0.3) is 21.7 Å². The molecule has 0 unspecified atom stereocenters. The molecule has 0 fully saturated rings. The van der Waals surface area contributed by atoms with E-state index in [2.05, 4.69) is 23.5 Å². The van der Waals surface area contributed by atoms with Crippen molar-refractivity contribution in [2.45, 2.75) is 32.6 Å². The van der Waals surface area contributed by atoms with Crippen LogP contribution in [0.3, 0.4) is 0 Å². The molecule has 5 rings (SSSR count). The molecule has 0 aliphatic heterocycles. The van der Waals surface area contributed by atoms with Gasteiger partial charge in [0, 0.05) is 34.5 Å². The number of amides is 1. The summed E-state index contributed by atoms with van der Waals surface area (Å²) in [5, 5.41) is 6.24. The Kier molecular flexibility index (Phi) is 4.74. The molecule has 1 amide bonds. The number of carbonyl (C=O) groups excluding carboxylic acids is 1. The van der Waals surface area contributed by atoms with Crippen LogP contribution < -0.4 is 15.7 Å². The van der Waals surface area contributed by atoms with Crippen molar-refractivity contribution in [3.05, 3.63) is 81.2 Å². The van der Waals surface area contributed by atoms with E-state index in [4.69, 9.17) is 9.15 Å². The number of rotatable bonds is 5. The van der Waals surface area contributed by atoms with Crippen LogP contribution in [-0.4, -0.2) is 13.0 Å². The lowest BCUT2D eigenvalue weighted by Gasteiger charge is -2.11. The van der Waals surface area contributed by atoms with Gasteiger partial charge in [-0.2, -0.15) is 0 Å². The Hall–Kier alpha value is -3.60. The smallest absolute Gasteiger partial charge is 0.339 e. The second kappa shape index (κ2) is 7.58. The summed E-state index contributed by atoms with van der Waals surface area (Å²) in [4.78, 5) is 25.3. The molecule has 0 saturated heterocycles. The lowest BCUT2D eigenvalue weighted by molar-refractivity contribution is -0.116. The first kappa shape index (κ1) is 19.4. The Balaban J connectivity index is 1.38. The average molecular weight is 413 g/mol. The molecule has 0 spiro atoms. The van der Waals surface area contributed by atoms with Gasteiger partial charge in [-0.1, -0.05) is 24.3 Å². The largest absolute Gasteiger partial charge is 0.497 e. The Bertz CT molecular complexity index is 1390. The number of fused-ring (bicyclic) bond motifs is 1. The van der Waals surface area contributed by atoms with Crippen molar-refractivity contribution in [2.75, 3.05) is 12.4 Å². The highest BCUT2D eigenvalue weighted by molar-refractivity contribution is 6.05. The molecule has 1 heterocycles. The summed E-state index contributed by atoms with van der Waals surface area (Å²) in [7, 11) is 1.57. The van der Waals surface area contributed by atoms with Gasteiger partial charge in [0.1, 0.15) is 11.3 Å². The molecular formula is C26H23NO4. The number of carbonyl (C=O) groups is 1. The number of nitrogens with one attached hydrogen (secondary N) is 1. The number of hydrogen-bond acceptors (Lipinski definition) is 4. The van der Waals surface area contributed by atoms with Crippen LogP contribution in [-0.2, 0) is 24.1 Å². The molecule has 5 nitrogen and oxygen atoms in total. The van der Waals surface area contributed by atoms with Crippen molar-refractivity contribution in [1.82, 2.24) is 0 Å². The molecule has 0 saturated carbocycles. The maximum atomic E-state index is 12.7. The topological polar surface area (TPSA) is 68.5 Å². The zero-order valence-corrected chi connectivity index (χ0v) is 17.6. The van der Waals surface area contributed by atoms with E-state index >= 15 is 0 Å². The molecule has 0 atom stereocenters. The Labute approximate surface area is 179 Å². The summed E-state index contributed by atoms with van der Waals surface area (Å²) < 4.78 is 10.7. The van der Waals surface area contributed by atoms with Crippen molar-refractivity contribution in [2.24, 2.45) is 0 Å². The van der Waals surface area contributed by atoms with E-state index in [0.717, 1.165) is 34.9 Å². The molecule has 4 aromatic rings. The van der Waals surface area contributed by atoms with E-state index in [1.807, 2.05) is 31.2 Å². The van der Waals surface area contributed by atoms with E-state index in [-0.39, 0.29) is 12.3 Å². The molecule has 0 radical (unpaired) electrons. The monoisotopic (exact) mass is 413 g/mol. The van der Waals surface area contributed by atoms with Crippen molar-refractivity contribution >= 4 is 33.3 Å². The van der Waals surface area contributed by atoms with Crippen LogP contribution in [0, 0.1) is 6.92 Å². The van der Waals surface area contributed by atoms with Gasteiger partial charge in [0.2, 0.25) is 5.91 Å². The molecular weight excluding hydrogens is 390 g/mol. The minimum absolute atomic E-state index is 0.118. The normalized spacial score (nSPS) is 12.5. The van der Waals surface area contributed by atoms with E-state index in [1.54, 1.807) is 13.2 Å². The number of aryl methyl sites for hydroxylation is 3. The van der Waals surface area contributed by atoms with E-state index in [9.17, 15) is 9.59 Å². The fourth-order valence-electron chi connectivity index (χ4n) is 4.60. The summed E-state index contributed by atoms with van der Waals surface area (Å²) >= 11 is 0. The molecule has 3 aromatic carbocycles. The van der Waals surface area contributed by atoms with Crippen LogP contribution in [0.4, 0.5) is 5.69 Å². The van der Waals surface area contributed by atoms with Crippen molar-refractivity contribution < 1.29 is 13.9 Å². The van der Waals surface area contributed by atoms with Crippen LogP contribution in [0.2, 0.25) is 0 Å². The van der Waals surface area contributed by atoms with Crippen LogP contribution in [0.1, 0.15) is 28.7 Å². The maximum absolute atomic E-state index is 12.7. The summed E-state index contributed by atoms with van der Waals surface area (Å²) in [5.41, 5.74) is 4.95. The molecule has 1 N–H and O–H groups in total. The number of ether oxygens (including phenoxy) is 1. The molecule has 1 aromatic heterocycles. The van der Waals surface area contributed by atoms with Crippen LogP contribution >= 0.6 is 0 Å². The van der Waals surface area contributed by atoms with Gasteiger partial charge in [-0.15, -0.1) is 0 Å². The zero-order chi connectivity index (χ0) is 21.5. The summed E-state index contributed by atoms with van der Waals surface area (Å²) in [6, 6.07) is 15.8. The maximum Gasteiger partial charge on any atom is 0.339 e. The molecule has 5 heteroatoms. The van der Waals surface area contributed by atoms with Gasteiger partial charge in [-0.05, 0) is 66.5 Å². The lowest BCUT2D eigenvalue weighted by Crippen LogP contribution is -2.16. The highest BCUT2D eigenvalue weighted by Crippen LogP contribution is 2.35. The fourth-order valence-corrected chi connectivity index (χ4v) is 4.60. The number of benzene rings is 3. The molecule has 156 valence electrons. The third kappa shape index (κ3) is 3.36. The van der Waals surface area contributed by atoms with Gasteiger partial charge in [0.05, 0.1) is 7.11 Å².